The van der Waals surface area contributed by atoms with Crippen LogP contribution < -0.4 is 14.8 Å². The highest BCUT2D eigenvalue weighted by Gasteiger charge is 2.44. The van der Waals surface area contributed by atoms with Gasteiger partial charge < -0.3 is 34.1 Å². The number of amides is 1. The second-order valence-corrected chi connectivity index (χ2v) is 14.9. The van der Waals surface area contributed by atoms with Crippen molar-refractivity contribution < 1.29 is 46.8 Å². The number of rotatable bonds is 15. The number of fused-ring (bicyclic) bond motifs is 1. The third kappa shape index (κ3) is 9.79. The molecule has 0 bridgehead atoms. The van der Waals surface area contributed by atoms with E-state index < -0.39 is 46.6 Å². The molecule has 1 amide bonds. The van der Waals surface area contributed by atoms with Gasteiger partial charge in [0.2, 0.25) is 10.0 Å². The Kier molecular flexibility index (Phi) is 12.5. The first-order valence-corrected chi connectivity index (χ1v) is 18.1. The predicted octanol–water partition coefficient (Wildman–Crippen LogP) is 4.00. The van der Waals surface area contributed by atoms with Crippen molar-refractivity contribution in [2.24, 2.45) is 11.8 Å². The molecular formula is C36H45N3O10S. The van der Waals surface area contributed by atoms with Gasteiger partial charge in [0.15, 0.2) is 6.29 Å². The number of benzene rings is 2. The molecule has 2 N–H and O–H groups in total. The van der Waals surface area contributed by atoms with E-state index in [-0.39, 0.29) is 48.6 Å². The number of alkyl carbamates (subject to hydrolysis) is 1. The molecule has 50 heavy (non-hydrogen) atoms. The minimum atomic E-state index is -4.12. The molecule has 13 nitrogen and oxygen atoms in total. The van der Waals surface area contributed by atoms with Gasteiger partial charge in [0.25, 0.3) is 0 Å². The Balaban J connectivity index is 1.33. The van der Waals surface area contributed by atoms with E-state index in [0.717, 1.165) is 11.3 Å². The highest BCUT2D eigenvalue weighted by Crippen LogP contribution is 2.33. The lowest BCUT2D eigenvalue weighted by Gasteiger charge is -2.31. The summed E-state index contributed by atoms with van der Waals surface area (Å²) in [6, 6.07) is 16.1. The number of carbonyl (C=O) groups is 2. The Hall–Kier alpha value is -4.08. The van der Waals surface area contributed by atoms with Gasteiger partial charge in [-0.05, 0) is 79.3 Å². The number of aliphatic hydroxyl groups is 1. The lowest BCUT2D eigenvalue weighted by molar-refractivity contribution is -0.131. The van der Waals surface area contributed by atoms with Crippen LogP contribution in [-0.4, -0.2) is 85.7 Å². The first-order chi connectivity index (χ1) is 23.9. The van der Waals surface area contributed by atoms with E-state index in [2.05, 4.69) is 10.3 Å². The average Bonchev–Trinajstić information content (AvgIpc) is 3.70. The fourth-order valence-electron chi connectivity index (χ4n) is 5.98. The van der Waals surface area contributed by atoms with Crippen molar-refractivity contribution in [2.75, 3.05) is 26.3 Å². The number of aromatic nitrogens is 1. The summed E-state index contributed by atoms with van der Waals surface area (Å²) in [5, 5.41) is 14.5. The van der Waals surface area contributed by atoms with Crippen molar-refractivity contribution in [2.45, 2.75) is 76.6 Å². The van der Waals surface area contributed by atoms with Crippen LogP contribution in [0.2, 0.25) is 0 Å². The monoisotopic (exact) mass is 711 g/mol. The molecule has 2 aromatic carbocycles. The van der Waals surface area contributed by atoms with Gasteiger partial charge in [-0.3, -0.25) is 9.78 Å². The van der Waals surface area contributed by atoms with E-state index in [1.54, 1.807) is 25.3 Å². The SMILES string of the molecule is CC(=O)Oc1ccc(S(=O)(=O)N(CC(C)C)C[C@@H](O)[C@H](Cc2ccc(OCc3ccccn3)cc2)NC(=O)O[C@H]2COC3OCC[C@H]32)cc1C. The third-order valence-corrected chi connectivity index (χ3v) is 10.3. The highest BCUT2D eigenvalue weighted by atomic mass is 32.2. The first kappa shape index (κ1) is 37.2. The minimum Gasteiger partial charge on any atom is -0.487 e. The second-order valence-electron chi connectivity index (χ2n) is 13.0. The molecule has 0 spiro atoms. The maximum absolute atomic E-state index is 14.0. The topological polar surface area (TPSA) is 163 Å². The van der Waals surface area contributed by atoms with Gasteiger partial charge in [0.1, 0.15) is 24.2 Å². The quantitative estimate of drug-likeness (QED) is 0.173. The molecule has 3 heterocycles. The molecule has 0 radical (unpaired) electrons. The summed E-state index contributed by atoms with van der Waals surface area (Å²) in [7, 11) is -4.12. The number of ether oxygens (including phenoxy) is 5. The largest absolute Gasteiger partial charge is 0.487 e. The zero-order chi connectivity index (χ0) is 35.8. The van der Waals surface area contributed by atoms with Crippen LogP contribution in [-0.2, 0) is 42.1 Å². The summed E-state index contributed by atoms with van der Waals surface area (Å²) < 4.78 is 57.1. The molecule has 14 heteroatoms. The van der Waals surface area contributed by atoms with E-state index in [1.807, 2.05) is 44.2 Å². The van der Waals surface area contributed by atoms with E-state index in [4.69, 9.17) is 23.7 Å². The molecule has 2 saturated heterocycles. The standard InChI is InChI=1S/C36H45N3O10S/c1-23(2)19-39(50(43,44)29-12-13-33(24(3)17-29)48-25(4)40)20-32(41)31(38-36(42)49-34-22-47-35-30(34)14-16-45-35)18-26-8-10-28(11-9-26)46-21-27-7-5-6-15-37-27/h5-13,15,17,23,30-32,34-35,41H,14,16,18-22H2,1-4H3,(H,38,42)/t30-,31-,32+,34-,35?/m0/s1. The van der Waals surface area contributed by atoms with Crippen molar-refractivity contribution in [3.63, 3.8) is 0 Å². The summed E-state index contributed by atoms with van der Waals surface area (Å²) in [5.41, 5.74) is 2.01. The van der Waals surface area contributed by atoms with E-state index in [0.29, 0.717) is 30.9 Å². The first-order valence-electron chi connectivity index (χ1n) is 16.7. The number of esters is 1. The number of nitrogens with zero attached hydrogens (tertiary/aromatic N) is 2. The van der Waals surface area contributed by atoms with Crippen LogP contribution in [0.3, 0.4) is 0 Å². The predicted molar refractivity (Wildman–Crippen MR) is 182 cm³/mol. The Morgan fingerprint density at radius 1 is 1.08 bits per heavy atom. The van der Waals surface area contributed by atoms with Crippen molar-refractivity contribution in [3.8, 4) is 11.5 Å². The molecule has 2 fully saturated rings. The summed E-state index contributed by atoms with van der Waals surface area (Å²) in [6.45, 7) is 7.46. The van der Waals surface area contributed by atoms with Gasteiger partial charge in [0, 0.05) is 26.2 Å². The Labute approximate surface area is 292 Å². The number of carbonyl (C=O) groups excluding carboxylic acids is 2. The zero-order valence-electron chi connectivity index (χ0n) is 28.7. The van der Waals surface area contributed by atoms with Crippen LogP contribution in [0, 0.1) is 18.8 Å². The zero-order valence-corrected chi connectivity index (χ0v) is 29.5. The van der Waals surface area contributed by atoms with Gasteiger partial charge in [-0.25, -0.2) is 13.2 Å². The molecule has 5 atom stereocenters. The Morgan fingerprint density at radius 2 is 1.86 bits per heavy atom. The normalized spacial score (nSPS) is 19.9. The summed E-state index contributed by atoms with van der Waals surface area (Å²) in [5.74, 6) is 0.185. The maximum atomic E-state index is 14.0. The smallest absolute Gasteiger partial charge is 0.407 e. The molecule has 1 unspecified atom stereocenters. The number of hydrogen-bond donors (Lipinski definition) is 2. The van der Waals surface area contributed by atoms with Crippen molar-refractivity contribution >= 4 is 22.1 Å². The fraction of sp³-hybridized carbons (Fsp3) is 0.472. The lowest BCUT2D eigenvalue weighted by atomic mass is 10.0. The van der Waals surface area contributed by atoms with Crippen molar-refractivity contribution in [1.82, 2.24) is 14.6 Å². The summed E-state index contributed by atoms with van der Waals surface area (Å²) in [4.78, 5) is 29.0. The number of sulfonamides is 1. The number of pyridine rings is 1. The molecule has 2 aliphatic heterocycles. The van der Waals surface area contributed by atoms with Gasteiger partial charge in [-0.1, -0.05) is 32.0 Å². The number of hydrogen-bond acceptors (Lipinski definition) is 11. The van der Waals surface area contributed by atoms with Crippen LogP contribution in [0.5, 0.6) is 11.5 Å². The van der Waals surface area contributed by atoms with Gasteiger partial charge in [0.05, 0.1) is 41.9 Å². The van der Waals surface area contributed by atoms with Gasteiger partial charge in [-0.2, -0.15) is 4.31 Å². The molecule has 5 rings (SSSR count). The van der Waals surface area contributed by atoms with Crippen molar-refractivity contribution in [1.29, 1.82) is 0 Å². The molecule has 3 aromatic rings. The third-order valence-electron chi connectivity index (χ3n) is 8.50. The summed E-state index contributed by atoms with van der Waals surface area (Å²) in [6.07, 6.45) is -0.437. The van der Waals surface area contributed by atoms with E-state index in [9.17, 15) is 23.1 Å². The van der Waals surface area contributed by atoms with Crippen molar-refractivity contribution in [3.05, 3.63) is 83.7 Å². The minimum absolute atomic E-state index is 0.0152. The number of aliphatic hydroxyl groups excluding tert-OH is 1. The Bertz CT molecular complexity index is 1700. The van der Waals surface area contributed by atoms with Crippen LogP contribution >= 0.6 is 0 Å². The number of nitrogens with one attached hydrogen (secondary N) is 1. The number of aryl methyl sites for hydroxylation is 1. The molecule has 270 valence electrons. The average molecular weight is 712 g/mol. The molecule has 0 aliphatic carbocycles. The van der Waals surface area contributed by atoms with Crippen LogP contribution in [0.1, 0.15) is 44.0 Å². The van der Waals surface area contributed by atoms with Crippen LogP contribution in [0.4, 0.5) is 4.79 Å². The Morgan fingerprint density at radius 3 is 2.54 bits per heavy atom. The lowest BCUT2D eigenvalue weighted by Crippen LogP contribution is -2.51. The highest BCUT2D eigenvalue weighted by molar-refractivity contribution is 7.89. The van der Waals surface area contributed by atoms with Crippen LogP contribution in [0.15, 0.2) is 71.8 Å². The molecular weight excluding hydrogens is 666 g/mol. The van der Waals surface area contributed by atoms with Crippen LogP contribution in [0.25, 0.3) is 0 Å². The van der Waals surface area contributed by atoms with E-state index >= 15 is 0 Å². The summed E-state index contributed by atoms with van der Waals surface area (Å²) >= 11 is 0. The molecule has 1 aromatic heterocycles. The fourth-order valence-corrected chi connectivity index (χ4v) is 7.69. The van der Waals surface area contributed by atoms with E-state index in [1.165, 1.54) is 29.4 Å². The molecule has 0 saturated carbocycles. The molecule has 2 aliphatic rings. The van der Waals surface area contributed by atoms with Gasteiger partial charge >= 0.3 is 12.1 Å². The maximum Gasteiger partial charge on any atom is 0.407 e. The second kappa shape index (κ2) is 16.8. The van der Waals surface area contributed by atoms with Gasteiger partial charge in [-0.15, -0.1) is 0 Å².